The molecular weight excluding hydrogens is 320 g/mol. The number of hydrogen-bond acceptors (Lipinski definition) is 3. The smallest absolute Gasteiger partial charge is 0.151 e. The van der Waals surface area contributed by atoms with Gasteiger partial charge in [0.05, 0.1) is 18.0 Å². The second-order valence-electron chi connectivity index (χ2n) is 7.27. The average Bonchev–Trinajstić information content (AvgIpc) is 2.63. The van der Waals surface area contributed by atoms with Crippen LogP contribution in [0.3, 0.4) is 0 Å². The lowest BCUT2D eigenvalue weighted by molar-refractivity contribution is -0.127. The monoisotopic (exact) mass is 348 g/mol. The Kier molecular flexibility index (Phi) is 7.56. The zero-order valence-electron chi connectivity index (χ0n) is 15.9. The molecule has 0 spiro atoms. The van der Waals surface area contributed by atoms with Crippen molar-refractivity contribution in [1.29, 1.82) is 5.26 Å². The van der Waals surface area contributed by atoms with E-state index < -0.39 is 0 Å². The predicted octanol–water partition coefficient (Wildman–Crippen LogP) is 4.83. The second-order valence-corrected chi connectivity index (χ2v) is 7.27. The van der Waals surface area contributed by atoms with Crippen molar-refractivity contribution in [3.05, 3.63) is 71.8 Å². The Morgan fingerprint density at radius 2 is 1.38 bits per heavy atom. The quantitative estimate of drug-likeness (QED) is 0.652. The first-order valence-corrected chi connectivity index (χ1v) is 9.25. The van der Waals surface area contributed by atoms with Crippen molar-refractivity contribution in [1.82, 2.24) is 4.90 Å². The van der Waals surface area contributed by atoms with Gasteiger partial charge in [-0.15, -0.1) is 0 Å². The lowest BCUT2D eigenvalue weighted by Crippen LogP contribution is -2.44. The van der Waals surface area contributed by atoms with E-state index in [1.165, 1.54) is 11.1 Å². The molecule has 0 amide bonds. The first kappa shape index (κ1) is 19.9. The fourth-order valence-electron chi connectivity index (χ4n) is 3.35. The standard InChI is InChI=1S/C23H28N2O/c1-18(2)23(22(26)14-19(3)15-24)25(16-20-10-6-4-7-11-20)17-21-12-8-5-9-13-21/h4-13,18-19,23H,14,16-17H2,1-3H3/t19-,23-/m0/s1. The van der Waals surface area contributed by atoms with Crippen molar-refractivity contribution < 1.29 is 4.79 Å². The number of nitriles is 1. The van der Waals surface area contributed by atoms with Crippen molar-refractivity contribution in [3.63, 3.8) is 0 Å². The Bertz CT molecular complexity index is 677. The van der Waals surface area contributed by atoms with Gasteiger partial charge in [0, 0.05) is 19.5 Å². The maximum absolute atomic E-state index is 13.0. The summed E-state index contributed by atoms with van der Waals surface area (Å²) < 4.78 is 0. The highest BCUT2D eigenvalue weighted by molar-refractivity contribution is 5.84. The van der Waals surface area contributed by atoms with Crippen LogP contribution in [0.15, 0.2) is 60.7 Å². The SMILES string of the molecule is CC(C)[C@@H](C(=O)C[C@H](C)C#N)N(Cc1ccccc1)Cc1ccccc1. The Hall–Kier alpha value is -2.44. The second kappa shape index (κ2) is 9.89. The fraction of sp³-hybridized carbons (Fsp3) is 0.391. The highest BCUT2D eigenvalue weighted by Gasteiger charge is 2.29. The van der Waals surface area contributed by atoms with Gasteiger partial charge in [-0.3, -0.25) is 9.69 Å². The summed E-state index contributed by atoms with van der Waals surface area (Å²) in [5, 5.41) is 9.10. The molecule has 26 heavy (non-hydrogen) atoms. The van der Waals surface area contributed by atoms with Crippen molar-refractivity contribution in [2.24, 2.45) is 11.8 Å². The van der Waals surface area contributed by atoms with Crippen LogP contribution in [-0.4, -0.2) is 16.7 Å². The van der Waals surface area contributed by atoms with Gasteiger partial charge in [0.15, 0.2) is 5.78 Å². The first-order chi connectivity index (χ1) is 12.5. The molecule has 136 valence electrons. The lowest BCUT2D eigenvalue weighted by atomic mass is 9.91. The van der Waals surface area contributed by atoms with Crippen molar-refractivity contribution in [2.75, 3.05) is 0 Å². The number of Topliss-reactive ketones (excluding diaryl/α,β-unsaturated/α-hetero) is 1. The molecule has 0 aliphatic heterocycles. The molecule has 0 fully saturated rings. The Balaban J connectivity index is 2.28. The van der Waals surface area contributed by atoms with Gasteiger partial charge in [-0.05, 0) is 24.0 Å². The van der Waals surface area contributed by atoms with Crippen molar-refractivity contribution in [3.8, 4) is 6.07 Å². The van der Waals surface area contributed by atoms with Crippen LogP contribution in [0.25, 0.3) is 0 Å². The zero-order chi connectivity index (χ0) is 18.9. The molecule has 2 rings (SSSR count). The van der Waals surface area contributed by atoms with Gasteiger partial charge in [-0.1, -0.05) is 74.5 Å². The summed E-state index contributed by atoms with van der Waals surface area (Å²) >= 11 is 0. The van der Waals surface area contributed by atoms with Gasteiger partial charge < -0.3 is 0 Å². The fourth-order valence-corrected chi connectivity index (χ4v) is 3.35. The summed E-state index contributed by atoms with van der Waals surface area (Å²) in [7, 11) is 0. The van der Waals surface area contributed by atoms with Crippen LogP contribution < -0.4 is 0 Å². The molecule has 0 saturated carbocycles. The van der Waals surface area contributed by atoms with Gasteiger partial charge in [0.2, 0.25) is 0 Å². The number of ketones is 1. The number of carbonyl (C=O) groups excluding carboxylic acids is 1. The molecule has 0 bridgehead atoms. The molecule has 0 unspecified atom stereocenters. The largest absolute Gasteiger partial charge is 0.298 e. The molecule has 0 saturated heterocycles. The van der Waals surface area contributed by atoms with Crippen LogP contribution in [0.5, 0.6) is 0 Å². The van der Waals surface area contributed by atoms with Gasteiger partial charge in [0.1, 0.15) is 0 Å². The van der Waals surface area contributed by atoms with E-state index in [2.05, 4.69) is 49.1 Å². The molecule has 0 aliphatic rings. The number of nitrogens with zero attached hydrogens (tertiary/aromatic N) is 2. The van der Waals surface area contributed by atoms with Crippen molar-refractivity contribution >= 4 is 5.78 Å². The van der Waals surface area contributed by atoms with E-state index in [1.54, 1.807) is 0 Å². The lowest BCUT2D eigenvalue weighted by Gasteiger charge is -2.34. The molecule has 0 N–H and O–H groups in total. The molecule has 0 radical (unpaired) electrons. The van der Waals surface area contributed by atoms with E-state index in [1.807, 2.05) is 43.3 Å². The molecule has 0 aromatic heterocycles. The predicted molar refractivity (Wildman–Crippen MR) is 105 cm³/mol. The highest BCUT2D eigenvalue weighted by Crippen LogP contribution is 2.21. The van der Waals surface area contributed by atoms with Gasteiger partial charge in [-0.2, -0.15) is 5.26 Å². The molecule has 0 aliphatic carbocycles. The van der Waals surface area contributed by atoms with E-state index in [0.29, 0.717) is 19.5 Å². The minimum atomic E-state index is -0.251. The van der Waals surface area contributed by atoms with Crippen LogP contribution in [0.1, 0.15) is 38.3 Å². The van der Waals surface area contributed by atoms with Crippen LogP contribution in [0.2, 0.25) is 0 Å². The molecule has 0 heterocycles. The van der Waals surface area contributed by atoms with Gasteiger partial charge in [0.25, 0.3) is 0 Å². The first-order valence-electron chi connectivity index (χ1n) is 9.25. The highest BCUT2D eigenvalue weighted by atomic mass is 16.1. The van der Waals surface area contributed by atoms with Crippen LogP contribution in [-0.2, 0) is 17.9 Å². The van der Waals surface area contributed by atoms with E-state index in [4.69, 9.17) is 5.26 Å². The van der Waals surface area contributed by atoms with E-state index in [-0.39, 0.29) is 23.7 Å². The molecule has 2 aromatic carbocycles. The third kappa shape index (κ3) is 5.82. The van der Waals surface area contributed by atoms with Gasteiger partial charge >= 0.3 is 0 Å². The topological polar surface area (TPSA) is 44.1 Å². The van der Waals surface area contributed by atoms with Crippen molar-refractivity contribution in [2.45, 2.75) is 46.3 Å². The number of rotatable bonds is 9. The molecule has 3 heteroatoms. The molecule has 2 aromatic rings. The molecular formula is C23H28N2O. The third-order valence-electron chi connectivity index (χ3n) is 4.54. The maximum atomic E-state index is 13.0. The average molecular weight is 348 g/mol. The van der Waals surface area contributed by atoms with E-state index in [9.17, 15) is 4.79 Å². The Morgan fingerprint density at radius 3 is 1.77 bits per heavy atom. The summed E-state index contributed by atoms with van der Waals surface area (Å²) in [6.07, 6.45) is 0.305. The number of hydrogen-bond donors (Lipinski definition) is 0. The van der Waals surface area contributed by atoms with Gasteiger partial charge in [-0.25, -0.2) is 0 Å². The summed E-state index contributed by atoms with van der Waals surface area (Å²) in [6, 6.07) is 22.5. The van der Waals surface area contributed by atoms with E-state index in [0.717, 1.165) is 0 Å². The van der Waals surface area contributed by atoms with Crippen LogP contribution in [0, 0.1) is 23.2 Å². The maximum Gasteiger partial charge on any atom is 0.151 e. The summed E-state index contributed by atoms with van der Waals surface area (Å²) in [6.45, 7) is 7.41. The normalized spacial score (nSPS) is 13.4. The van der Waals surface area contributed by atoms with Crippen LogP contribution >= 0.6 is 0 Å². The Morgan fingerprint density at radius 1 is 0.923 bits per heavy atom. The summed E-state index contributed by atoms with van der Waals surface area (Å²) in [5.41, 5.74) is 2.38. The number of carbonyl (C=O) groups is 1. The zero-order valence-corrected chi connectivity index (χ0v) is 15.9. The van der Waals surface area contributed by atoms with E-state index >= 15 is 0 Å². The molecule has 2 atom stereocenters. The Labute approximate surface area is 157 Å². The third-order valence-corrected chi connectivity index (χ3v) is 4.54. The summed E-state index contributed by atoms with van der Waals surface area (Å²) in [5.74, 6) is 0.0841. The molecule has 3 nitrogen and oxygen atoms in total. The minimum absolute atomic E-state index is 0.154. The summed E-state index contributed by atoms with van der Waals surface area (Å²) in [4.78, 5) is 15.2. The van der Waals surface area contributed by atoms with Crippen LogP contribution in [0.4, 0.5) is 0 Å². The number of benzene rings is 2. The minimum Gasteiger partial charge on any atom is -0.298 e.